The molecule has 1 saturated carbocycles. The molecular formula is C15H17N3O. The normalized spacial score (nSPS) is 16.3. The number of rotatable bonds is 5. The van der Waals surface area contributed by atoms with E-state index in [0.29, 0.717) is 6.04 Å². The van der Waals surface area contributed by atoms with Gasteiger partial charge in [-0.3, -0.25) is 4.79 Å². The molecule has 1 amide bonds. The third-order valence-corrected chi connectivity index (χ3v) is 3.05. The van der Waals surface area contributed by atoms with Crippen LogP contribution in [0.1, 0.15) is 31.4 Å². The molecule has 1 aliphatic rings. The van der Waals surface area contributed by atoms with Crippen LogP contribution in [0.4, 0.5) is 0 Å². The molecule has 2 rings (SSSR count). The van der Waals surface area contributed by atoms with Gasteiger partial charge in [-0.15, -0.1) is 0 Å². The highest BCUT2D eigenvalue weighted by molar-refractivity contribution is 5.97. The lowest BCUT2D eigenvalue weighted by atomic mass is 10.1. The van der Waals surface area contributed by atoms with Crippen LogP contribution in [0.3, 0.4) is 0 Å². The van der Waals surface area contributed by atoms with Crippen molar-refractivity contribution in [3.63, 3.8) is 0 Å². The van der Waals surface area contributed by atoms with Gasteiger partial charge in [0.2, 0.25) is 0 Å². The van der Waals surface area contributed by atoms with E-state index in [1.165, 1.54) is 6.20 Å². The third kappa shape index (κ3) is 3.85. The molecule has 1 atom stereocenters. The van der Waals surface area contributed by atoms with Crippen molar-refractivity contribution in [2.24, 2.45) is 0 Å². The molecule has 4 heteroatoms. The molecule has 1 aromatic rings. The summed E-state index contributed by atoms with van der Waals surface area (Å²) in [5, 5.41) is 14.9. The SMILES string of the molecule is CC(NC(=O)/C(C#N)=C\NC1CC1)c1ccccc1. The first-order valence-electron chi connectivity index (χ1n) is 6.43. The van der Waals surface area contributed by atoms with Crippen LogP contribution >= 0.6 is 0 Å². The Bertz CT molecular complexity index is 512. The van der Waals surface area contributed by atoms with Crippen molar-refractivity contribution in [3.8, 4) is 6.07 Å². The van der Waals surface area contributed by atoms with Gasteiger partial charge in [0.05, 0.1) is 6.04 Å². The maximum atomic E-state index is 11.9. The summed E-state index contributed by atoms with van der Waals surface area (Å²) in [5.74, 6) is -0.341. The van der Waals surface area contributed by atoms with E-state index in [1.54, 1.807) is 0 Å². The molecular weight excluding hydrogens is 238 g/mol. The molecule has 0 aliphatic heterocycles. The van der Waals surface area contributed by atoms with Crippen molar-refractivity contribution in [1.29, 1.82) is 5.26 Å². The average Bonchev–Trinajstić information content (AvgIpc) is 3.24. The Kier molecular flexibility index (Phi) is 4.19. The molecule has 1 fully saturated rings. The number of benzene rings is 1. The molecule has 2 N–H and O–H groups in total. The number of carbonyl (C=O) groups excluding carboxylic acids is 1. The van der Waals surface area contributed by atoms with Crippen LogP contribution in [0.5, 0.6) is 0 Å². The number of nitriles is 1. The second-order valence-corrected chi connectivity index (χ2v) is 4.72. The third-order valence-electron chi connectivity index (χ3n) is 3.05. The summed E-state index contributed by atoms with van der Waals surface area (Å²) in [6.07, 6.45) is 3.74. The van der Waals surface area contributed by atoms with Crippen LogP contribution in [0.25, 0.3) is 0 Å². The molecule has 1 aromatic carbocycles. The molecule has 4 nitrogen and oxygen atoms in total. The predicted molar refractivity (Wildman–Crippen MR) is 72.9 cm³/mol. The second-order valence-electron chi connectivity index (χ2n) is 4.72. The highest BCUT2D eigenvalue weighted by Gasteiger charge is 2.20. The summed E-state index contributed by atoms with van der Waals surface area (Å²) < 4.78 is 0. The summed E-state index contributed by atoms with van der Waals surface area (Å²) in [6, 6.07) is 11.9. The fourth-order valence-corrected chi connectivity index (χ4v) is 1.70. The summed E-state index contributed by atoms with van der Waals surface area (Å²) in [5.41, 5.74) is 1.14. The smallest absolute Gasteiger partial charge is 0.263 e. The minimum absolute atomic E-state index is 0.119. The molecule has 0 aromatic heterocycles. The van der Waals surface area contributed by atoms with Gasteiger partial charge < -0.3 is 10.6 Å². The van der Waals surface area contributed by atoms with Crippen LogP contribution < -0.4 is 10.6 Å². The van der Waals surface area contributed by atoms with E-state index in [2.05, 4.69) is 10.6 Å². The minimum atomic E-state index is -0.341. The summed E-state index contributed by atoms with van der Waals surface area (Å²) in [6.45, 7) is 1.90. The van der Waals surface area contributed by atoms with Crippen molar-refractivity contribution in [3.05, 3.63) is 47.7 Å². The van der Waals surface area contributed by atoms with Crippen molar-refractivity contribution in [2.75, 3.05) is 0 Å². The molecule has 0 saturated heterocycles. The van der Waals surface area contributed by atoms with Crippen LogP contribution in [-0.4, -0.2) is 11.9 Å². The Morgan fingerprint density at radius 1 is 1.42 bits per heavy atom. The van der Waals surface area contributed by atoms with Gasteiger partial charge in [0.15, 0.2) is 0 Å². The quantitative estimate of drug-likeness (QED) is 0.625. The van der Waals surface area contributed by atoms with E-state index in [1.807, 2.05) is 43.3 Å². The van der Waals surface area contributed by atoms with Crippen molar-refractivity contribution in [1.82, 2.24) is 10.6 Å². The van der Waals surface area contributed by atoms with E-state index in [0.717, 1.165) is 18.4 Å². The fourth-order valence-electron chi connectivity index (χ4n) is 1.70. The van der Waals surface area contributed by atoms with Crippen LogP contribution in [0.2, 0.25) is 0 Å². The summed E-state index contributed by atoms with van der Waals surface area (Å²) in [7, 11) is 0. The molecule has 1 unspecified atom stereocenters. The highest BCUT2D eigenvalue weighted by Crippen LogP contribution is 2.18. The number of carbonyl (C=O) groups is 1. The lowest BCUT2D eigenvalue weighted by molar-refractivity contribution is -0.117. The number of amides is 1. The largest absolute Gasteiger partial charge is 0.387 e. The minimum Gasteiger partial charge on any atom is -0.387 e. The summed E-state index contributed by atoms with van der Waals surface area (Å²) >= 11 is 0. The Balaban J connectivity index is 1.95. The predicted octanol–water partition coefficient (Wildman–Crippen LogP) is 2.02. The first-order chi connectivity index (χ1) is 9.20. The highest BCUT2D eigenvalue weighted by atomic mass is 16.1. The maximum absolute atomic E-state index is 11.9. The Hall–Kier alpha value is -2.28. The van der Waals surface area contributed by atoms with Gasteiger partial charge in [0.1, 0.15) is 11.6 Å². The van der Waals surface area contributed by atoms with E-state index in [-0.39, 0.29) is 17.5 Å². The first kappa shape index (κ1) is 13.2. The van der Waals surface area contributed by atoms with Gasteiger partial charge in [-0.25, -0.2) is 0 Å². The van der Waals surface area contributed by atoms with Crippen LogP contribution in [0.15, 0.2) is 42.1 Å². The van der Waals surface area contributed by atoms with Gasteiger partial charge in [-0.05, 0) is 25.3 Å². The molecule has 98 valence electrons. The first-order valence-corrected chi connectivity index (χ1v) is 6.43. The number of hydrogen-bond acceptors (Lipinski definition) is 3. The molecule has 0 radical (unpaired) electrons. The Morgan fingerprint density at radius 2 is 2.11 bits per heavy atom. The van der Waals surface area contributed by atoms with Gasteiger partial charge in [0, 0.05) is 12.2 Å². The van der Waals surface area contributed by atoms with Gasteiger partial charge in [-0.2, -0.15) is 5.26 Å². The molecule has 0 spiro atoms. The Labute approximate surface area is 113 Å². The standard InChI is InChI=1S/C15H17N3O/c1-11(12-5-3-2-4-6-12)18-15(19)13(9-16)10-17-14-7-8-14/h2-6,10-11,14,17H,7-8H2,1H3,(H,18,19)/b13-10-. The van der Waals surface area contributed by atoms with Gasteiger partial charge >= 0.3 is 0 Å². The number of hydrogen-bond donors (Lipinski definition) is 2. The average molecular weight is 255 g/mol. The maximum Gasteiger partial charge on any atom is 0.263 e. The van der Waals surface area contributed by atoms with E-state index in [4.69, 9.17) is 5.26 Å². The zero-order valence-corrected chi connectivity index (χ0v) is 10.9. The number of nitrogens with zero attached hydrogens (tertiary/aromatic N) is 1. The van der Waals surface area contributed by atoms with Crippen molar-refractivity contribution < 1.29 is 4.79 Å². The molecule has 1 aliphatic carbocycles. The Morgan fingerprint density at radius 3 is 2.68 bits per heavy atom. The van der Waals surface area contributed by atoms with Crippen molar-refractivity contribution in [2.45, 2.75) is 31.8 Å². The van der Waals surface area contributed by atoms with E-state index < -0.39 is 0 Å². The van der Waals surface area contributed by atoms with Gasteiger partial charge in [0.25, 0.3) is 5.91 Å². The van der Waals surface area contributed by atoms with E-state index in [9.17, 15) is 4.79 Å². The van der Waals surface area contributed by atoms with Crippen LogP contribution in [0, 0.1) is 11.3 Å². The molecule has 0 bridgehead atoms. The van der Waals surface area contributed by atoms with Crippen molar-refractivity contribution >= 4 is 5.91 Å². The molecule has 19 heavy (non-hydrogen) atoms. The fraction of sp³-hybridized carbons (Fsp3) is 0.333. The number of nitrogens with one attached hydrogen (secondary N) is 2. The lowest BCUT2D eigenvalue weighted by Gasteiger charge is -2.13. The topological polar surface area (TPSA) is 64.9 Å². The van der Waals surface area contributed by atoms with Crippen LogP contribution in [-0.2, 0) is 4.79 Å². The van der Waals surface area contributed by atoms with E-state index >= 15 is 0 Å². The summed E-state index contributed by atoms with van der Waals surface area (Å²) in [4.78, 5) is 11.9. The lowest BCUT2D eigenvalue weighted by Crippen LogP contribution is -2.28. The monoisotopic (exact) mass is 255 g/mol. The molecule has 0 heterocycles. The van der Waals surface area contributed by atoms with Gasteiger partial charge in [-0.1, -0.05) is 30.3 Å². The zero-order valence-electron chi connectivity index (χ0n) is 10.9. The zero-order chi connectivity index (χ0) is 13.7. The second kappa shape index (κ2) is 6.05.